The van der Waals surface area contributed by atoms with Gasteiger partial charge in [-0.3, -0.25) is 4.79 Å². The van der Waals surface area contributed by atoms with Crippen molar-refractivity contribution < 1.29 is 13.9 Å². The fraction of sp³-hybridized carbons (Fsp3) is 0.533. The van der Waals surface area contributed by atoms with Gasteiger partial charge in [0.15, 0.2) is 0 Å². The summed E-state index contributed by atoms with van der Waals surface area (Å²) in [6, 6.07) is 1.93. The largest absolute Gasteiger partial charge is 0.462 e. The van der Waals surface area contributed by atoms with Crippen LogP contribution in [0.2, 0.25) is 0 Å². The Balaban J connectivity index is 1.47. The van der Waals surface area contributed by atoms with Crippen molar-refractivity contribution in [2.24, 2.45) is 0 Å². The highest BCUT2D eigenvalue weighted by Gasteiger charge is 2.18. The summed E-state index contributed by atoms with van der Waals surface area (Å²) >= 11 is 1.58. The van der Waals surface area contributed by atoms with Crippen LogP contribution in [-0.2, 0) is 16.0 Å². The summed E-state index contributed by atoms with van der Waals surface area (Å²) in [5, 5.41) is 11.9. The van der Waals surface area contributed by atoms with Crippen LogP contribution in [0.1, 0.15) is 44.4 Å². The van der Waals surface area contributed by atoms with Crippen molar-refractivity contribution in [3.8, 4) is 11.5 Å². The van der Waals surface area contributed by atoms with Gasteiger partial charge in [0.1, 0.15) is 6.10 Å². The van der Waals surface area contributed by atoms with Crippen LogP contribution in [0.4, 0.5) is 0 Å². The molecule has 5 nitrogen and oxygen atoms in total. The zero-order valence-electron chi connectivity index (χ0n) is 11.8. The molecule has 1 aliphatic rings. The van der Waals surface area contributed by atoms with Gasteiger partial charge in [-0.1, -0.05) is 6.42 Å². The highest BCUT2D eigenvalue weighted by molar-refractivity contribution is 7.08. The summed E-state index contributed by atoms with van der Waals surface area (Å²) in [7, 11) is 0. The SMILES string of the molecule is O=C(CCc1nnc(-c2ccsc2)o1)OC1CCCCC1. The van der Waals surface area contributed by atoms with E-state index in [4.69, 9.17) is 9.15 Å². The second-order valence-electron chi connectivity index (χ2n) is 5.26. The molecule has 0 aromatic carbocycles. The van der Waals surface area contributed by atoms with Crippen LogP contribution in [0.3, 0.4) is 0 Å². The minimum atomic E-state index is -0.169. The third kappa shape index (κ3) is 3.91. The Hall–Kier alpha value is -1.69. The number of hydrogen-bond donors (Lipinski definition) is 0. The van der Waals surface area contributed by atoms with Crippen molar-refractivity contribution in [2.45, 2.75) is 51.0 Å². The molecule has 0 amide bonds. The monoisotopic (exact) mass is 306 g/mol. The number of nitrogens with zero attached hydrogens (tertiary/aromatic N) is 2. The summed E-state index contributed by atoms with van der Waals surface area (Å²) < 4.78 is 11.0. The van der Waals surface area contributed by atoms with Crippen molar-refractivity contribution in [3.05, 3.63) is 22.7 Å². The van der Waals surface area contributed by atoms with Crippen molar-refractivity contribution in [3.63, 3.8) is 0 Å². The van der Waals surface area contributed by atoms with E-state index in [9.17, 15) is 4.79 Å². The molecule has 0 N–H and O–H groups in total. The van der Waals surface area contributed by atoms with Crippen molar-refractivity contribution in [1.29, 1.82) is 0 Å². The molecule has 2 aromatic heterocycles. The van der Waals surface area contributed by atoms with Gasteiger partial charge in [0.25, 0.3) is 0 Å². The van der Waals surface area contributed by atoms with E-state index in [1.807, 2.05) is 16.8 Å². The van der Waals surface area contributed by atoms with Gasteiger partial charge in [-0.25, -0.2) is 0 Å². The van der Waals surface area contributed by atoms with Crippen molar-refractivity contribution >= 4 is 17.3 Å². The number of carbonyl (C=O) groups is 1. The predicted octanol–water partition coefficient (Wildman–Crippen LogP) is 3.61. The lowest BCUT2D eigenvalue weighted by atomic mass is 9.98. The van der Waals surface area contributed by atoms with Crippen LogP contribution < -0.4 is 0 Å². The maximum Gasteiger partial charge on any atom is 0.306 e. The van der Waals surface area contributed by atoms with Crippen molar-refractivity contribution in [1.82, 2.24) is 10.2 Å². The van der Waals surface area contributed by atoms with Crippen LogP contribution in [0, 0.1) is 0 Å². The minimum absolute atomic E-state index is 0.107. The molecule has 2 heterocycles. The molecule has 0 bridgehead atoms. The molecule has 0 unspecified atom stereocenters. The van der Waals surface area contributed by atoms with Crippen LogP contribution in [0.25, 0.3) is 11.5 Å². The highest BCUT2D eigenvalue weighted by atomic mass is 32.1. The first-order valence-electron chi connectivity index (χ1n) is 7.36. The highest BCUT2D eigenvalue weighted by Crippen LogP contribution is 2.22. The number of thiophene rings is 1. The summed E-state index contributed by atoms with van der Waals surface area (Å²) in [6.45, 7) is 0. The number of esters is 1. The lowest BCUT2D eigenvalue weighted by molar-refractivity contribution is -0.150. The maximum absolute atomic E-state index is 11.8. The Morgan fingerprint density at radius 2 is 2.19 bits per heavy atom. The summed E-state index contributed by atoms with van der Waals surface area (Å²) in [5.41, 5.74) is 0.920. The molecule has 0 saturated heterocycles. The van der Waals surface area contributed by atoms with E-state index >= 15 is 0 Å². The molecule has 1 aliphatic carbocycles. The minimum Gasteiger partial charge on any atom is -0.462 e. The van der Waals surface area contributed by atoms with Crippen LogP contribution in [0.15, 0.2) is 21.2 Å². The molecule has 3 rings (SSSR count). The number of rotatable bonds is 5. The molecule has 2 aromatic rings. The Morgan fingerprint density at radius 1 is 1.33 bits per heavy atom. The summed E-state index contributed by atoms with van der Waals surface area (Å²) in [4.78, 5) is 11.8. The van der Waals surface area contributed by atoms with Crippen LogP contribution >= 0.6 is 11.3 Å². The second-order valence-corrected chi connectivity index (χ2v) is 6.04. The normalized spacial score (nSPS) is 16.0. The zero-order valence-corrected chi connectivity index (χ0v) is 12.6. The van der Waals surface area contributed by atoms with E-state index in [0.29, 0.717) is 24.6 Å². The average molecular weight is 306 g/mol. The topological polar surface area (TPSA) is 65.2 Å². The Bertz CT molecular complexity index is 574. The predicted molar refractivity (Wildman–Crippen MR) is 78.9 cm³/mol. The van der Waals surface area contributed by atoms with Gasteiger partial charge in [-0.15, -0.1) is 10.2 Å². The number of ether oxygens (including phenoxy) is 1. The maximum atomic E-state index is 11.8. The number of carbonyl (C=O) groups excluding carboxylic acids is 1. The Kier molecular flexibility index (Phi) is 4.65. The molecule has 6 heteroatoms. The molecular weight excluding hydrogens is 288 g/mol. The fourth-order valence-electron chi connectivity index (χ4n) is 2.49. The third-order valence-electron chi connectivity index (χ3n) is 3.63. The van der Waals surface area contributed by atoms with Crippen molar-refractivity contribution in [2.75, 3.05) is 0 Å². The first-order chi connectivity index (χ1) is 10.3. The fourth-order valence-corrected chi connectivity index (χ4v) is 3.12. The van der Waals surface area contributed by atoms with E-state index < -0.39 is 0 Å². The van der Waals surface area contributed by atoms with Gasteiger partial charge < -0.3 is 9.15 Å². The van der Waals surface area contributed by atoms with E-state index in [-0.39, 0.29) is 12.1 Å². The van der Waals surface area contributed by atoms with Crippen LogP contribution in [-0.4, -0.2) is 22.3 Å². The van der Waals surface area contributed by atoms with E-state index in [0.717, 1.165) is 31.2 Å². The number of aryl methyl sites for hydroxylation is 1. The first kappa shape index (κ1) is 14.3. The van der Waals surface area contributed by atoms with Crippen LogP contribution in [0.5, 0.6) is 0 Å². The average Bonchev–Trinajstić information content (AvgIpc) is 3.17. The van der Waals surface area contributed by atoms with E-state index in [2.05, 4.69) is 10.2 Å². The smallest absolute Gasteiger partial charge is 0.306 e. The molecule has 1 saturated carbocycles. The molecule has 0 aliphatic heterocycles. The number of aromatic nitrogens is 2. The molecular formula is C15H18N2O3S. The van der Waals surface area contributed by atoms with Gasteiger partial charge >= 0.3 is 5.97 Å². The van der Waals surface area contributed by atoms with Gasteiger partial charge in [0.2, 0.25) is 11.8 Å². The first-order valence-corrected chi connectivity index (χ1v) is 8.30. The number of hydrogen-bond acceptors (Lipinski definition) is 6. The second kappa shape index (κ2) is 6.85. The summed E-state index contributed by atoms with van der Waals surface area (Å²) in [5.74, 6) is 0.820. The molecule has 21 heavy (non-hydrogen) atoms. The Morgan fingerprint density at radius 3 is 2.95 bits per heavy atom. The van der Waals surface area contributed by atoms with E-state index in [1.54, 1.807) is 11.3 Å². The van der Waals surface area contributed by atoms with E-state index in [1.165, 1.54) is 6.42 Å². The van der Waals surface area contributed by atoms with Gasteiger partial charge in [0, 0.05) is 17.4 Å². The molecule has 0 radical (unpaired) electrons. The molecule has 1 fully saturated rings. The molecule has 0 spiro atoms. The lowest BCUT2D eigenvalue weighted by Gasteiger charge is -2.21. The van der Waals surface area contributed by atoms with Gasteiger partial charge in [0.05, 0.1) is 6.42 Å². The molecule has 112 valence electrons. The molecule has 0 atom stereocenters. The summed E-state index contributed by atoms with van der Waals surface area (Å²) in [6.07, 6.45) is 6.39. The standard InChI is InChI=1S/C15H18N2O3S/c18-14(19-12-4-2-1-3-5-12)7-6-13-16-17-15(20-13)11-8-9-21-10-11/h8-10,12H,1-7H2. The third-order valence-corrected chi connectivity index (χ3v) is 4.31. The quantitative estimate of drug-likeness (QED) is 0.790. The van der Waals surface area contributed by atoms with Gasteiger partial charge in [-0.2, -0.15) is 11.3 Å². The van der Waals surface area contributed by atoms with Gasteiger partial charge in [-0.05, 0) is 37.1 Å². The Labute approximate surface area is 127 Å². The lowest BCUT2D eigenvalue weighted by Crippen LogP contribution is -2.21. The zero-order chi connectivity index (χ0) is 14.5.